The predicted octanol–water partition coefficient (Wildman–Crippen LogP) is 5.99. The van der Waals surface area contributed by atoms with Crippen molar-refractivity contribution in [3.8, 4) is 17.2 Å². The molecule has 2 saturated heterocycles. The van der Waals surface area contributed by atoms with Gasteiger partial charge in [-0.1, -0.05) is 17.7 Å². The van der Waals surface area contributed by atoms with Gasteiger partial charge in [0, 0.05) is 23.8 Å². The molecular weight excluding hydrogens is 616 g/mol. The molecule has 3 fully saturated rings. The molecule has 4 bridgehead atoms. The lowest BCUT2D eigenvalue weighted by atomic mass is 9.51. The SMILES string of the molecule is CC(C)=CCC[C@@]1(C)C=Cc2c(O)c3c(c(C(O)C4OC4(C)C)c2O1)O[C@]12C(=C[C@@H]4CC1C(C)(C)OC2(CC=C(C)OC=O)C4=O)C3=O. The number of aliphatic hydroxyl groups is 1. The summed E-state index contributed by atoms with van der Waals surface area (Å²) < 4.78 is 31.5. The number of ketones is 2. The zero-order valence-electron chi connectivity index (χ0n) is 28.8. The number of hydrogen-bond donors (Lipinski definition) is 2. The molecule has 7 atom stereocenters. The number of hydrogen-bond acceptors (Lipinski definition) is 10. The van der Waals surface area contributed by atoms with Gasteiger partial charge < -0.3 is 33.9 Å². The molecule has 0 radical (unpaired) electrons. The van der Waals surface area contributed by atoms with Gasteiger partial charge in [-0.15, -0.1) is 0 Å². The van der Waals surface area contributed by atoms with E-state index in [1.165, 1.54) is 5.57 Å². The number of phenolic OH excluding ortho intramolecular Hbond substituents is 1. The summed E-state index contributed by atoms with van der Waals surface area (Å²) in [5, 5.41) is 23.9. The van der Waals surface area contributed by atoms with E-state index < -0.39 is 57.8 Å². The molecule has 8 rings (SSSR count). The molecule has 4 unspecified atom stereocenters. The maximum atomic E-state index is 14.8. The molecule has 256 valence electrons. The van der Waals surface area contributed by atoms with Crippen LogP contribution in [0.15, 0.2) is 41.2 Å². The van der Waals surface area contributed by atoms with Crippen molar-refractivity contribution < 1.29 is 48.3 Å². The number of allylic oxidation sites excluding steroid dienone is 4. The van der Waals surface area contributed by atoms with E-state index in [0.29, 0.717) is 19.3 Å². The highest BCUT2D eigenvalue weighted by Crippen LogP contribution is 2.69. The number of aromatic hydroxyl groups is 1. The van der Waals surface area contributed by atoms with E-state index in [4.69, 9.17) is 23.7 Å². The topological polar surface area (TPSA) is 141 Å². The van der Waals surface area contributed by atoms with Crippen LogP contribution in [0.5, 0.6) is 17.2 Å². The summed E-state index contributed by atoms with van der Waals surface area (Å²) >= 11 is 0. The minimum Gasteiger partial charge on any atom is -0.506 e. The van der Waals surface area contributed by atoms with Gasteiger partial charge >= 0.3 is 0 Å². The Morgan fingerprint density at radius 2 is 1.77 bits per heavy atom. The first-order chi connectivity index (χ1) is 22.4. The maximum absolute atomic E-state index is 14.8. The monoisotopic (exact) mass is 660 g/mol. The number of benzene rings is 1. The van der Waals surface area contributed by atoms with Crippen molar-refractivity contribution in [1.82, 2.24) is 0 Å². The average Bonchev–Trinajstić information content (AvgIpc) is 3.60. The molecule has 1 aromatic carbocycles. The zero-order valence-corrected chi connectivity index (χ0v) is 28.8. The molecule has 4 aliphatic heterocycles. The molecule has 1 saturated carbocycles. The van der Waals surface area contributed by atoms with Gasteiger partial charge in [0.2, 0.25) is 0 Å². The van der Waals surface area contributed by atoms with Gasteiger partial charge in [-0.05, 0) is 92.9 Å². The van der Waals surface area contributed by atoms with Gasteiger partial charge in [0.05, 0.1) is 22.3 Å². The van der Waals surface area contributed by atoms with Crippen LogP contribution in [0, 0.1) is 11.8 Å². The van der Waals surface area contributed by atoms with Crippen LogP contribution in [0.1, 0.15) is 109 Å². The maximum Gasteiger partial charge on any atom is 0.298 e. The molecule has 48 heavy (non-hydrogen) atoms. The second-order valence-electron chi connectivity index (χ2n) is 15.6. The Morgan fingerprint density at radius 3 is 2.42 bits per heavy atom. The fraction of sp³-hybridized carbons (Fsp3) is 0.553. The Bertz CT molecular complexity index is 1770. The number of aliphatic hydroxyl groups excluding tert-OH is 1. The normalized spacial score (nSPS) is 35.0. The number of epoxide rings is 1. The average molecular weight is 661 g/mol. The van der Waals surface area contributed by atoms with Gasteiger partial charge in [0.1, 0.15) is 46.4 Å². The first-order valence-electron chi connectivity index (χ1n) is 16.7. The second-order valence-corrected chi connectivity index (χ2v) is 15.6. The van der Waals surface area contributed by atoms with Crippen LogP contribution in [-0.4, -0.2) is 62.4 Å². The fourth-order valence-electron chi connectivity index (χ4n) is 8.82. The summed E-state index contributed by atoms with van der Waals surface area (Å²) in [5.41, 5.74) is -3.84. The summed E-state index contributed by atoms with van der Waals surface area (Å²) in [7, 11) is 0. The molecule has 10 nitrogen and oxygen atoms in total. The Kier molecular flexibility index (Phi) is 7.10. The summed E-state index contributed by atoms with van der Waals surface area (Å²) in [6.07, 6.45) is 8.76. The third-order valence-corrected chi connectivity index (χ3v) is 11.2. The van der Waals surface area contributed by atoms with Crippen molar-refractivity contribution in [2.75, 3.05) is 0 Å². The van der Waals surface area contributed by atoms with Crippen molar-refractivity contribution >= 4 is 24.1 Å². The Balaban J connectivity index is 1.46. The second kappa shape index (κ2) is 10.4. The van der Waals surface area contributed by atoms with Crippen LogP contribution >= 0.6 is 0 Å². The summed E-state index contributed by atoms with van der Waals surface area (Å²) in [6, 6.07) is 0. The molecule has 3 aliphatic carbocycles. The first-order valence-corrected chi connectivity index (χ1v) is 16.7. The van der Waals surface area contributed by atoms with E-state index in [0.717, 1.165) is 6.42 Å². The van der Waals surface area contributed by atoms with Crippen LogP contribution in [-0.2, 0) is 23.8 Å². The van der Waals surface area contributed by atoms with Gasteiger partial charge in [-0.3, -0.25) is 14.4 Å². The Morgan fingerprint density at radius 1 is 1.06 bits per heavy atom. The van der Waals surface area contributed by atoms with Gasteiger partial charge in [-0.2, -0.15) is 0 Å². The largest absolute Gasteiger partial charge is 0.506 e. The van der Waals surface area contributed by atoms with Gasteiger partial charge in [0.25, 0.3) is 6.47 Å². The van der Waals surface area contributed by atoms with E-state index >= 15 is 0 Å². The molecule has 1 aromatic rings. The first kappa shape index (κ1) is 32.8. The molecule has 4 heterocycles. The minimum absolute atomic E-state index is 0.0306. The van der Waals surface area contributed by atoms with E-state index in [2.05, 4.69) is 6.08 Å². The predicted molar refractivity (Wildman–Crippen MR) is 175 cm³/mol. The van der Waals surface area contributed by atoms with E-state index in [1.54, 1.807) is 25.2 Å². The number of carbonyl (C=O) groups is 3. The molecule has 0 amide bonds. The van der Waals surface area contributed by atoms with E-state index in [1.807, 2.05) is 54.5 Å². The smallest absolute Gasteiger partial charge is 0.298 e. The lowest BCUT2D eigenvalue weighted by molar-refractivity contribution is -0.171. The molecule has 2 N–H and O–H groups in total. The van der Waals surface area contributed by atoms with Crippen LogP contribution in [0.25, 0.3) is 6.08 Å². The Labute approximate surface area is 280 Å². The highest BCUT2D eigenvalue weighted by Gasteiger charge is 2.81. The van der Waals surface area contributed by atoms with Crippen LogP contribution in [0.2, 0.25) is 0 Å². The van der Waals surface area contributed by atoms with Gasteiger partial charge in [-0.25, -0.2) is 0 Å². The quantitative estimate of drug-likeness (QED) is 0.141. The lowest BCUT2D eigenvalue weighted by Gasteiger charge is -2.56. The molecular formula is C38H44O10. The van der Waals surface area contributed by atoms with Crippen LogP contribution < -0.4 is 9.47 Å². The summed E-state index contributed by atoms with van der Waals surface area (Å²) in [5.74, 6) is -1.67. The molecule has 7 aliphatic rings. The van der Waals surface area contributed by atoms with E-state index in [-0.39, 0.29) is 57.5 Å². The van der Waals surface area contributed by atoms with Crippen molar-refractivity contribution in [2.24, 2.45) is 11.8 Å². The standard InChI is InChI=1S/C38H44O10/c1-19(2)10-9-13-36(8)14-12-22-27(40)25-28(41)23-16-21-17-24-34(4,5)48-37(32(21)43,15-11-20(3)44-18-39)38(23,24)46-31(25)26(30(22)45-36)29(42)33-35(6,7)47-33/h10-12,14,16,18,21,24,29,33,40,42H,9,13,15,17H2,1-8H3/t21-,24?,29?,33?,36+,37?,38-/m1/s1. The highest BCUT2D eigenvalue weighted by molar-refractivity contribution is 6.19. The van der Waals surface area contributed by atoms with Crippen molar-refractivity contribution in [2.45, 2.75) is 121 Å². The number of fused-ring (bicyclic) bond motifs is 2. The molecule has 1 spiro atoms. The summed E-state index contributed by atoms with van der Waals surface area (Å²) in [6.45, 7) is 15.4. The Hall–Kier alpha value is -3.73. The number of ether oxygens (including phenoxy) is 5. The highest BCUT2D eigenvalue weighted by atomic mass is 16.6. The van der Waals surface area contributed by atoms with Crippen LogP contribution in [0.3, 0.4) is 0 Å². The fourth-order valence-corrected chi connectivity index (χ4v) is 8.82. The minimum atomic E-state index is -1.66. The lowest BCUT2D eigenvalue weighted by Crippen LogP contribution is -2.72. The number of phenols is 1. The van der Waals surface area contributed by atoms with Crippen molar-refractivity contribution in [3.63, 3.8) is 0 Å². The third kappa shape index (κ3) is 4.38. The number of Topliss-reactive ketones (excluding diaryl/α,β-unsaturated/α-hetero) is 2. The van der Waals surface area contributed by atoms with Gasteiger partial charge in [0.15, 0.2) is 22.8 Å². The van der Waals surface area contributed by atoms with Crippen molar-refractivity contribution in [3.05, 3.63) is 57.9 Å². The number of carbonyl (C=O) groups excluding carboxylic acids is 3. The van der Waals surface area contributed by atoms with Crippen molar-refractivity contribution in [1.29, 1.82) is 0 Å². The van der Waals surface area contributed by atoms with E-state index in [9.17, 15) is 24.6 Å². The summed E-state index contributed by atoms with van der Waals surface area (Å²) in [4.78, 5) is 40.3. The third-order valence-electron chi connectivity index (χ3n) is 11.2. The molecule has 10 heteroatoms. The van der Waals surface area contributed by atoms with Crippen LogP contribution in [0.4, 0.5) is 0 Å². The molecule has 0 aromatic heterocycles. The number of rotatable bonds is 9. The zero-order chi connectivity index (χ0) is 34.8.